The number of hydrogen-bond acceptors (Lipinski definition) is 3. The Hall–Kier alpha value is -1.61. The van der Waals surface area contributed by atoms with E-state index in [0.717, 1.165) is 10.9 Å². The highest BCUT2D eigenvalue weighted by atomic mass is 32.2. The fraction of sp³-hybridized carbons (Fsp3) is 0. The Morgan fingerprint density at radius 1 is 1.13 bits per heavy atom. The summed E-state index contributed by atoms with van der Waals surface area (Å²) in [7, 11) is 0. The third kappa shape index (κ3) is 1.45. The highest BCUT2D eigenvalue weighted by molar-refractivity contribution is 7.98. The van der Waals surface area contributed by atoms with E-state index in [-0.39, 0.29) is 0 Å². The average Bonchev–Trinajstić information content (AvgIpc) is 2.54. The molecule has 0 radical (unpaired) electrons. The van der Waals surface area contributed by atoms with Gasteiger partial charge in [0.25, 0.3) is 0 Å². The zero-order valence-corrected chi connectivity index (χ0v) is 8.74. The highest BCUT2D eigenvalue weighted by Gasteiger charge is 2.07. The van der Waals surface area contributed by atoms with Crippen molar-refractivity contribution in [2.24, 2.45) is 9.39 Å². The molecule has 3 rings (SSSR count). The van der Waals surface area contributed by atoms with Crippen LogP contribution in [0.4, 0.5) is 0 Å². The van der Waals surface area contributed by atoms with E-state index in [9.17, 15) is 0 Å². The molecule has 2 heterocycles. The Morgan fingerprint density at radius 2 is 2.13 bits per heavy atom. The molecule has 0 saturated carbocycles. The van der Waals surface area contributed by atoms with Crippen LogP contribution in [0.5, 0.6) is 0 Å². The SMILES string of the molecule is C1=CN=c2ccc3c(c2C=C1)SN=CC=3. The minimum Gasteiger partial charge on any atom is -0.256 e. The maximum Gasteiger partial charge on any atom is 0.0714 e. The van der Waals surface area contributed by atoms with Crippen LogP contribution < -0.4 is 10.6 Å². The molecule has 0 fully saturated rings. The van der Waals surface area contributed by atoms with Crippen LogP contribution in [0.25, 0.3) is 12.2 Å². The Kier molecular flexibility index (Phi) is 2.03. The van der Waals surface area contributed by atoms with Gasteiger partial charge in [-0.05, 0) is 23.4 Å². The molecule has 0 aliphatic carbocycles. The monoisotopic (exact) mass is 212 g/mol. The van der Waals surface area contributed by atoms with Crippen molar-refractivity contribution in [1.29, 1.82) is 0 Å². The van der Waals surface area contributed by atoms with Crippen molar-refractivity contribution < 1.29 is 0 Å². The number of rotatable bonds is 0. The number of fused-ring (bicyclic) bond motifs is 3. The largest absolute Gasteiger partial charge is 0.256 e. The molecule has 0 spiro atoms. The molecular weight excluding hydrogens is 204 g/mol. The summed E-state index contributed by atoms with van der Waals surface area (Å²) in [5.74, 6) is 0. The minimum atomic E-state index is 1.01. The molecule has 0 atom stereocenters. The summed E-state index contributed by atoms with van der Waals surface area (Å²) in [5, 5.41) is 2.23. The normalized spacial score (nSPS) is 16.0. The zero-order chi connectivity index (χ0) is 10.1. The first-order valence-electron chi connectivity index (χ1n) is 4.70. The van der Waals surface area contributed by atoms with Crippen LogP contribution in [-0.4, -0.2) is 6.21 Å². The lowest BCUT2D eigenvalue weighted by Gasteiger charge is -2.06. The average molecular weight is 212 g/mol. The molecule has 1 aromatic carbocycles. The van der Waals surface area contributed by atoms with Crippen LogP contribution in [0.3, 0.4) is 0 Å². The fourth-order valence-electron chi connectivity index (χ4n) is 1.63. The predicted octanol–water partition coefficient (Wildman–Crippen LogP) is 1.72. The maximum absolute atomic E-state index is 4.37. The first-order valence-corrected chi connectivity index (χ1v) is 5.47. The van der Waals surface area contributed by atoms with Crippen molar-refractivity contribution in [3.05, 3.63) is 46.6 Å². The predicted molar refractivity (Wildman–Crippen MR) is 64.2 cm³/mol. The first-order chi connectivity index (χ1) is 7.45. The van der Waals surface area contributed by atoms with Gasteiger partial charge in [-0.3, -0.25) is 4.99 Å². The van der Waals surface area contributed by atoms with E-state index >= 15 is 0 Å². The molecule has 15 heavy (non-hydrogen) atoms. The van der Waals surface area contributed by atoms with Crippen molar-refractivity contribution in [1.82, 2.24) is 0 Å². The molecule has 2 aliphatic heterocycles. The van der Waals surface area contributed by atoms with Crippen molar-refractivity contribution >= 4 is 30.3 Å². The van der Waals surface area contributed by atoms with E-state index in [1.54, 1.807) is 0 Å². The lowest BCUT2D eigenvalue weighted by Crippen LogP contribution is -2.17. The molecule has 0 saturated heterocycles. The van der Waals surface area contributed by atoms with Crippen LogP contribution in [0.2, 0.25) is 0 Å². The number of nitrogens with zero attached hydrogens (tertiary/aromatic N) is 2. The van der Waals surface area contributed by atoms with Crippen molar-refractivity contribution in [3.8, 4) is 0 Å². The lowest BCUT2D eigenvalue weighted by atomic mass is 10.1. The van der Waals surface area contributed by atoms with E-state index in [1.165, 1.54) is 22.1 Å². The standard InChI is InChI=1S/C12H8N2S/c1-2-7-13-11-5-4-9-6-8-14-15-12(9)10(11)3-1/h1-8H. The van der Waals surface area contributed by atoms with E-state index in [1.807, 2.05) is 36.7 Å². The van der Waals surface area contributed by atoms with Gasteiger partial charge in [0, 0.05) is 34.8 Å². The summed E-state index contributed by atoms with van der Waals surface area (Å²) >= 11 is 1.51. The van der Waals surface area contributed by atoms with Crippen LogP contribution >= 0.6 is 11.9 Å². The van der Waals surface area contributed by atoms with Crippen LogP contribution in [0.15, 0.2) is 44.8 Å². The number of benzene rings is 1. The van der Waals surface area contributed by atoms with E-state index in [4.69, 9.17) is 0 Å². The number of hydrogen-bond donors (Lipinski definition) is 0. The molecule has 0 unspecified atom stereocenters. The molecule has 3 heteroatoms. The second kappa shape index (κ2) is 3.51. The summed E-state index contributed by atoms with van der Waals surface area (Å²) in [5.41, 5.74) is 1.16. The van der Waals surface area contributed by atoms with Gasteiger partial charge in [0.15, 0.2) is 0 Å². The molecular formula is C12H8N2S. The van der Waals surface area contributed by atoms with Gasteiger partial charge in [-0.15, -0.1) is 0 Å². The van der Waals surface area contributed by atoms with Gasteiger partial charge in [-0.25, -0.2) is 4.40 Å². The van der Waals surface area contributed by atoms with Gasteiger partial charge >= 0.3 is 0 Å². The van der Waals surface area contributed by atoms with Gasteiger partial charge in [-0.2, -0.15) is 0 Å². The third-order valence-corrected chi connectivity index (χ3v) is 3.20. The van der Waals surface area contributed by atoms with Crippen molar-refractivity contribution in [2.45, 2.75) is 4.90 Å². The van der Waals surface area contributed by atoms with E-state index in [0.29, 0.717) is 0 Å². The van der Waals surface area contributed by atoms with Crippen LogP contribution in [0.1, 0.15) is 5.56 Å². The number of allylic oxidation sites excluding steroid dienone is 2. The first kappa shape index (κ1) is 8.68. The van der Waals surface area contributed by atoms with Gasteiger partial charge in [0.1, 0.15) is 0 Å². The molecule has 0 aromatic heterocycles. The van der Waals surface area contributed by atoms with Crippen molar-refractivity contribution in [2.75, 3.05) is 0 Å². The molecule has 2 nitrogen and oxygen atoms in total. The summed E-state index contributed by atoms with van der Waals surface area (Å²) in [6.45, 7) is 0. The molecule has 2 aliphatic rings. The van der Waals surface area contributed by atoms with E-state index < -0.39 is 0 Å². The van der Waals surface area contributed by atoms with Gasteiger partial charge in [0.05, 0.1) is 5.36 Å². The Balaban J connectivity index is 2.41. The Bertz CT molecular complexity index is 609. The maximum atomic E-state index is 4.37. The summed E-state index contributed by atoms with van der Waals surface area (Å²) < 4.78 is 4.20. The fourth-order valence-corrected chi connectivity index (χ4v) is 2.37. The second-order valence-electron chi connectivity index (χ2n) is 3.26. The Morgan fingerprint density at radius 3 is 3.13 bits per heavy atom. The topological polar surface area (TPSA) is 24.7 Å². The van der Waals surface area contributed by atoms with Gasteiger partial charge in [-0.1, -0.05) is 18.2 Å². The summed E-state index contributed by atoms with van der Waals surface area (Å²) in [6, 6.07) is 4.13. The second-order valence-corrected chi connectivity index (χ2v) is 4.06. The van der Waals surface area contributed by atoms with Gasteiger partial charge < -0.3 is 0 Å². The molecule has 0 bridgehead atoms. The minimum absolute atomic E-state index is 1.01. The highest BCUT2D eigenvalue weighted by Crippen LogP contribution is 2.20. The zero-order valence-electron chi connectivity index (χ0n) is 7.92. The lowest BCUT2D eigenvalue weighted by molar-refractivity contribution is 1.24. The molecule has 0 amide bonds. The molecule has 1 aromatic rings. The van der Waals surface area contributed by atoms with Gasteiger partial charge in [0.2, 0.25) is 0 Å². The summed E-state index contributed by atoms with van der Waals surface area (Å²) in [6.07, 6.45) is 11.7. The molecule has 72 valence electrons. The van der Waals surface area contributed by atoms with E-state index in [2.05, 4.69) is 21.5 Å². The van der Waals surface area contributed by atoms with Crippen LogP contribution in [-0.2, 0) is 0 Å². The van der Waals surface area contributed by atoms with Crippen LogP contribution in [0, 0.1) is 0 Å². The smallest absolute Gasteiger partial charge is 0.0714 e. The third-order valence-electron chi connectivity index (χ3n) is 2.34. The molecule has 0 N–H and O–H groups in total. The summed E-state index contributed by atoms with van der Waals surface area (Å²) in [4.78, 5) is 5.57. The van der Waals surface area contributed by atoms with Crippen molar-refractivity contribution in [3.63, 3.8) is 0 Å². The quantitative estimate of drug-likeness (QED) is 0.601. The Labute approximate surface area is 91.6 Å².